The molecule has 292 valence electrons. The van der Waals surface area contributed by atoms with Crippen molar-refractivity contribution < 1.29 is 28.4 Å². The van der Waals surface area contributed by atoms with E-state index in [1.807, 2.05) is 61.0 Å². The Morgan fingerprint density at radius 3 is 2.31 bits per heavy atom. The van der Waals surface area contributed by atoms with Gasteiger partial charge in [0, 0.05) is 34.2 Å². The molecule has 0 radical (unpaired) electrons. The van der Waals surface area contributed by atoms with E-state index in [4.69, 9.17) is 19.2 Å². The largest absolute Gasteiger partial charge is 0.489 e. The monoisotopic (exact) mass is 757 g/mol. The number of carbonyl (C=O) groups excluding carboxylic acids is 2. The first-order chi connectivity index (χ1) is 25.4. The number of carbonyl (C=O) groups is 2. The zero-order valence-electron chi connectivity index (χ0n) is 33.9. The summed E-state index contributed by atoms with van der Waals surface area (Å²) >= 11 is 0. The van der Waals surface area contributed by atoms with Crippen molar-refractivity contribution in [1.82, 2.24) is 24.8 Å². The lowest BCUT2D eigenvalue weighted by atomic mass is 9.91. The van der Waals surface area contributed by atoms with E-state index < -0.39 is 13.7 Å². The van der Waals surface area contributed by atoms with Gasteiger partial charge in [-0.15, -0.1) is 0 Å². The molecule has 54 heavy (non-hydrogen) atoms. The third-order valence-corrected chi connectivity index (χ3v) is 11.8. The van der Waals surface area contributed by atoms with E-state index in [0.29, 0.717) is 32.9 Å². The normalized spacial score (nSPS) is 18.2. The molecular weight excluding hydrogens is 697 g/mol. The van der Waals surface area contributed by atoms with Crippen molar-refractivity contribution >= 4 is 31.1 Å². The minimum Gasteiger partial charge on any atom is -0.489 e. The van der Waals surface area contributed by atoms with E-state index in [1.165, 1.54) is 0 Å². The maximum atomic E-state index is 13.3. The third kappa shape index (κ3) is 9.92. The number of nitrogens with zero attached hydrogens (tertiary/aromatic N) is 4. The van der Waals surface area contributed by atoms with Crippen LogP contribution in [0.4, 0.5) is 4.79 Å². The molecule has 2 aliphatic heterocycles. The molecule has 4 heterocycles. The maximum Gasteiger partial charge on any atom is 0.411 e. The minimum absolute atomic E-state index is 0.0119. The summed E-state index contributed by atoms with van der Waals surface area (Å²) in [5, 5.41) is 0. The summed E-state index contributed by atoms with van der Waals surface area (Å²) in [4.78, 5) is 42.0. The Morgan fingerprint density at radius 2 is 1.63 bits per heavy atom. The van der Waals surface area contributed by atoms with Gasteiger partial charge in [-0.3, -0.25) is 9.69 Å². The van der Waals surface area contributed by atoms with E-state index >= 15 is 0 Å². The molecule has 11 nitrogen and oxygen atoms in total. The Balaban J connectivity index is 1.15. The first kappa shape index (κ1) is 39.5. The van der Waals surface area contributed by atoms with Crippen LogP contribution in [0.2, 0.25) is 25.7 Å². The lowest BCUT2D eigenvalue weighted by Crippen LogP contribution is -2.44. The molecule has 2 aromatic heterocycles. The van der Waals surface area contributed by atoms with Gasteiger partial charge in [-0.05, 0) is 105 Å². The zero-order valence-corrected chi connectivity index (χ0v) is 34.9. The zero-order chi connectivity index (χ0) is 38.8. The second-order valence-corrected chi connectivity index (χ2v) is 24.1. The molecule has 2 aromatic carbocycles. The van der Waals surface area contributed by atoms with Crippen molar-refractivity contribution in [3.63, 3.8) is 0 Å². The smallest absolute Gasteiger partial charge is 0.411 e. The van der Waals surface area contributed by atoms with Crippen LogP contribution < -0.4 is 9.30 Å². The van der Waals surface area contributed by atoms with Gasteiger partial charge in [0.2, 0.25) is 5.91 Å². The number of likely N-dealkylation sites (tertiary alicyclic amines) is 2. The molecule has 2 atom stereocenters. The van der Waals surface area contributed by atoms with Crippen LogP contribution in [0.3, 0.4) is 0 Å². The number of rotatable bonds is 12. The van der Waals surface area contributed by atoms with Gasteiger partial charge in [0.05, 0.1) is 17.9 Å². The fourth-order valence-corrected chi connectivity index (χ4v) is 8.07. The fourth-order valence-electron chi connectivity index (χ4n) is 7.31. The molecule has 2 fully saturated rings. The van der Waals surface area contributed by atoms with Crippen LogP contribution in [0.1, 0.15) is 103 Å². The molecule has 2 saturated heterocycles. The average molecular weight is 758 g/mol. The lowest BCUT2D eigenvalue weighted by Gasteiger charge is -2.27. The summed E-state index contributed by atoms with van der Waals surface area (Å²) < 4.78 is 20.6. The van der Waals surface area contributed by atoms with Gasteiger partial charge in [0.25, 0.3) is 5.82 Å². The Morgan fingerprint density at radius 1 is 0.926 bits per heavy atom. The SMILES string of the molecule is CC(C)(C)CC(=O)N1CCC[C@H]1c1ncc(-c2ccc(OCc3ccc4[nH]c([C@@H]5CCCN5C(=O)OC(C)(C)C)[n+](COCC[Si](C)(C)C)c4c3)cc2)[nH]1. The molecule has 0 aliphatic carbocycles. The maximum absolute atomic E-state index is 13.3. The first-order valence-corrected chi connectivity index (χ1v) is 23.3. The highest BCUT2D eigenvalue weighted by Crippen LogP contribution is 2.35. The molecule has 0 unspecified atom stereocenters. The topological polar surface area (TPSA) is 117 Å². The van der Waals surface area contributed by atoms with Crippen LogP contribution in [0, 0.1) is 5.41 Å². The number of ether oxygens (including phenoxy) is 3. The number of fused-ring (bicyclic) bond motifs is 1. The molecule has 2 amide bonds. The predicted molar refractivity (Wildman–Crippen MR) is 214 cm³/mol. The van der Waals surface area contributed by atoms with Crippen molar-refractivity contribution in [2.24, 2.45) is 5.41 Å². The van der Waals surface area contributed by atoms with Gasteiger partial charge < -0.3 is 24.1 Å². The van der Waals surface area contributed by atoms with Gasteiger partial charge >= 0.3 is 6.09 Å². The van der Waals surface area contributed by atoms with E-state index in [-0.39, 0.29) is 29.5 Å². The van der Waals surface area contributed by atoms with E-state index in [1.54, 1.807) is 0 Å². The highest BCUT2D eigenvalue weighted by molar-refractivity contribution is 6.76. The van der Waals surface area contributed by atoms with Crippen LogP contribution >= 0.6 is 0 Å². The number of hydrogen-bond donors (Lipinski definition) is 2. The molecule has 12 heteroatoms. The molecule has 6 rings (SSSR count). The number of H-pyrrole nitrogens is 2. The van der Waals surface area contributed by atoms with Crippen molar-refractivity contribution in [2.45, 2.75) is 130 Å². The summed E-state index contributed by atoms with van der Waals surface area (Å²) in [6, 6.07) is 15.3. The molecule has 0 spiro atoms. The Hall–Kier alpha value is -4.16. The Kier molecular flexibility index (Phi) is 11.6. The van der Waals surface area contributed by atoms with Crippen molar-refractivity contribution in [3.05, 3.63) is 65.9 Å². The van der Waals surface area contributed by atoms with Crippen molar-refractivity contribution in [3.8, 4) is 17.0 Å². The molecule has 2 aliphatic rings. The van der Waals surface area contributed by atoms with Crippen LogP contribution in [-0.4, -0.2) is 70.1 Å². The molecule has 2 N–H and O–H groups in total. The van der Waals surface area contributed by atoms with E-state index in [9.17, 15) is 9.59 Å². The van der Waals surface area contributed by atoms with E-state index in [0.717, 1.165) is 83.5 Å². The number of hydrogen-bond acceptors (Lipinski definition) is 6. The van der Waals surface area contributed by atoms with Crippen molar-refractivity contribution in [2.75, 3.05) is 19.7 Å². The lowest BCUT2D eigenvalue weighted by molar-refractivity contribution is -0.717. The summed E-state index contributed by atoms with van der Waals surface area (Å²) in [6.45, 7) is 22.0. The standard InChI is InChI=1S/C42H60N6O5Si/c1-41(2,3)25-37(49)46-20-10-12-34(46)38-43-26-33(44-38)30-15-17-31(18-16-30)52-27-29-14-19-32-36(24-29)48(28-51-22-23-54(7,8)9)39(45-32)35-13-11-21-47(35)40(50)53-42(4,5)6/h14-19,24,26,34-35H,10-13,20-23,25,27-28H2,1-9H3,(H,43,44)/p+1/t34-,35-/m0/s1. The van der Waals surface area contributed by atoms with Gasteiger partial charge in [0.1, 0.15) is 29.8 Å². The second-order valence-electron chi connectivity index (χ2n) is 18.4. The molecule has 0 saturated carbocycles. The second kappa shape index (κ2) is 15.9. The number of nitrogens with one attached hydrogen (secondary N) is 2. The number of aromatic amines is 2. The van der Waals surface area contributed by atoms with Gasteiger partial charge in [-0.25, -0.2) is 19.3 Å². The van der Waals surface area contributed by atoms with Crippen LogP contribution in [0.25, 0.3) is 22.3 Å². The van der Waals surface area contributed by atoms with E-state index in [2.05, 4.69) is 73.1 Å². The summed E-state index contributed by atoms with van der Waals surface area (Å²) in [5.41, 5.74) is 4.35. The molecule has 0 bridgehead atoms. The Labute approximate surface area is 321 Å². The third-order valence-electron chi connectivity index (χ3n) is 10.1. The van der Waals surface area contributed by atoms with Gasteiger partial charge in [-0.2, -0.15) is 0 Å². The fraction of sp³-hybridized carbons (Fsp3) is 0.571. The molecular formula is C42H61N6O5Si+. The van der Waals surface area contributed by atoms with Gasteiger partial charge in [-0.1, -0.05) is 46.5 Å². The summed E-state index contributed by atoms with van der Waals surface area (Å²) in [7, 11) is -1.26. The highest BCUT2D eigenvalue weighted by atomic mass is 28.3. The van der Waals surface area contributed by atoms with Crippen molar-refractivity contribution in [1.29, 1.82) is 0 Å². The number of benzene rings is 2. The van der Waals surface area contributed by atoms with Crippen LogP contribution in [-0.2, 0) is 27.6 Å². The predicted octanol–water partition coefficient (Wildman–Crippen LogP) is 8.91. The Bertz CT molecular complexity index is 1920. The summed E-state index contributed by atoms with van der Waals surface area (Å²) in [6.07, 6.45) is 5.77. The summed E-state index contributed by atoms with van der Waals surface area (Å²) in [5.74, 6) is 2.76. The number of aromatic nitrogens is 4. The molecule has 4 aromatic rings. The van der Waals surface area contributed by atoms with Crippen LogP contribution in [0.5, 0.6) is 5.75 Å². The quantitative estimate of drug-likeness (QED) is 0.0848. The number of amides is 2. The number of imidazole rings is 2. The average Bonchev–Trinajstić information content (AvgIpc) is 3.89. The highest BCUT2D eigenvalue weighted by Gasteiger charge is 2.40. The first-order valence-electron chi connectivity index (χ1n) is 19.6. The van der Waals surface area contributed by atoms with Crippen LogP contribution in [0.15, 0.2) is 48.7 Å². The minimum atomic E-state index is -1.26. The van der Waals surface area contributed by atoms with Gasteiger partial charge in [0.15, 0.2) is 17.8 Å².